The summed E-state index contributed by atoms with van der Waals surface area (Å²) in [5, 5.41) is 3.82. The molecule has 3 heteroatoms. The summed E-state index contributed by atoms with van der Waals surface area (Å²) in [7, 11) is 0. The second-order valence-electron chi connectivity index (χ2n) is 3.38. The summed E-state index contributed by atoms with van der Waals surface area (Å²) in [6.07, 6.45) is 0. The minimum absolute atomic E-state index is 0.383. The van der Waals surface area contributed by atoms with Gasteiger partial charge in [0.2, 0.25) is 5.88 Å². The molecular formula is C11H12N2O. The van der Waals surface area contributed by atoms with Crippen molar-refractivity contribution in [3.8, 4) is 11.1 Å². The van der Waals surface area contributed by atoms with Crippen molar-refractivity contribution in [3.63, 3.8) is 0 Å². The highest BCUT2D eigenvalue weighted by Gasteiger charge is 2.11. The Kier molecular flexibility index (Phi) is 2.00. The van der Waals surface area contributed by atoms with Crippen molar-refractivity contribution in [1.82, 2.24) is 5.16 Å². The van der Waals surface area contributed by atoms with Gasteiger partial charge >= 0.3 is 0 Å². The molecule has 2 N–H and O–H groups in total. The second kappa shape index (κ2) is 3.18. The van der Waals surface area contributed by atoms with Gasteiger partial charge in [-0.1, -0.05) is 35.0 Å². The van der Waals surface area contributed by atoms with Gasteiger partial charge in [0.25, 0.3) is 0 Å². The zero-order valence-electron chi connectivity index (χ0n) is 8.24. The average Bonchev–Trinajstić information content (AvgIpc) is 2.46. The average molecular weight is 188 g/mol. The molecule has 1 heterocycles. The van der Waals surface area contributed by atoms with Gasteiger partial charge in [0, 0.05) is 0 Å². The van der Waals surface area contributed by atoms with Crippen molar-refractivity contribution < 1.29 is 4.52 Å². The van der Waals surface area contributed by atoms with E-state index in [1.54, 1.807) is 0 Å². The molecule has 0 bridgehead atoms. The van der Waals surface area contributed by atoms with E-state index in [1.165, 1.54) is 5.56 Å². The van der Waals surface area contributed by atoms with Gasteiger partial charge < -0.3 is 10.3 Å². The number of anilines is 1. The summed E-state index contributed by atoms with van der Waals surface area (Å²) in [5.41, 5.74) is 9.67. The van der Waals surface area contributed by atoms with E-state index in [4.69, 9.17) is 10.3 Å². The molecule has 3 nitrogen and oxygen atoms in total. The molecule has 0 fully saturated rings. The van der Waals surface area contributed by atoms with Crippen molar-refractivity contribution in [3.05, 3.63) is 35.5 Å². The third kappa shape index (κ3) is 1.37. The van der Waals surface area contributed by atoms with Gasteiger partial charge in [0.15, 0.2) is 0 Å². The van der Waals surface area contributed by atoms with Crippen molar-refractivity contribution in [1.29, 1.82) is 0 Å². The van der Waals surface area contributed by atoms with E-state index in [1.807, 2.05) is 32.0 Å². The number of aryl methyl sites for hydroxylation is 2. The number of rotatable bonds is 1. The van der Waals surface area contributed by atoms with E-state index in [0.29, 0.717) is 5.88 Å². The van der Waals surface area contributed by atoms with Crippen molar-refractivity contribution >= 4 is 5.88 Å². The van der Waals surface area contributed by atoms with E-state index in [9.17, 15) is 0 Å². The zero-order chi connectivity index (χ0) is 10.1. The fraction of sp³-hybridized carbons (Fsp3) is 0.182. The Hall–Kier alpha value is -1.77. The monoisotopic (exact) mass is 188 g/mol. The van der Waals surface area contributed by atoms with Gasteiger partial charge in [0.1, 0.15) is 0 Å². The minimum Gasteiger partial charge on any atom is -0.367 e. The molecule has 14 heavy (non-hydrogen) atoms. The predicted octanol–water partition coefficient (Wildman–Crippen LogP) is 2.54. The lowest BCUT2D eigenvalue weighted by molar-refractivity contribution is 0.431. The minimum atomic E-state index is 0.383. The van der Waals surface area contributed by atoms with Crippen LogP contribution in [-0.2, 0) is 0 Å². The Labute approximate surface area is 82.5 Å². The first kappa shape index (κ1) is 8.81. The Morgan fingerprint density at radius 2 is 2.07 bits per heavy atom. The number of nitrogens with two attached hydrogens (primary N) is 1. The molecular weight excluding hydrogens is 176 g/mol. The lowest BCUT2D eigenvalue weighted by Crippen LogP contribution is -1.87. The lowest BCUT2D eigenvalue weighted by atomic mass is 10.0. The summed E-state index contributed by atoms with van der Waals surface area (Å²) in [5.74, 6) is 0.383. The van der Waals surface area contributed by atoms with Crippen LogP contribution in [0.5, 0.6) is 0 Å². The molecule has 1 aromatic heterocycles. The molecule has 0 saturated heterocycles. The smallest absolute Gasteiger partial charge is 0.230 e. The quantitative estimate of drug-likeness (QED) is 0.748. The predicted molar refractivity (Wildman–Crippen MR) is 55.8 cm³/mol. The highest BCUT2D eigenvalue weighted by molar-refractivity contribution is 5.75. The largest absolute Gasteiger partial charge is 0.367 e. The standard InChI is InChI=1S/C11H12N2O/c1-7-4-3-5-9(6-7)10-8(2)13-14-11(10)12/h3-6H,12H2,1-2H3. The van der Waals surface area contributed by atoms with Crippen LogP contribution in [0, 0.1) is 13.8 Å². The number of nitrogens with zero attached hydrogens (tertiary/aromatic N) is 1. The van der Waals surface area contributed by atoms with Crippen LogP contribution < -0.4 is 5.73 Å². The van der Waals surface area contributed by atoms with Gasteiger partial charge in [-0.3, -0.25) is 0 Å². The van der Waals surface area contributed by atoms with E-state index in [0.717, 1.165) is 16.8 Å². The first-order chi connectivity index (χ1) is 6.68. The maximum absolute atomic E-state index is 5.69. The Morgan fingerprint density at radius 3 is 2.64 bits per heavy atom. The molecule has 0 saturated carbocycles. The Bertz CT molecular complexity index is 441. The molecule has 0 spiro atoms. The summed E-state index contributed by atoms with van der Waals surface area (Å²) in [6.45, 7) is 3.93. The number of aromatic nitrogens is 1. The van der Waals surface area contributed by atoms with Gasteiger partial charge in [0.05, 0.1) is 11.3 Å². The SMILES string of the molecule is Cc1cccc(-c2c(C)noc2N)c1. The molecule has 2 rings (SSSR count). The van der Waals surface area contributed by atoms with Crippen LogP contribution in [0.1, 0.15) is 11.3 Å². The molecule has 1 aromatic carbocycles. The van der Waals surface area contributed by atoms with Crippen molar-refractivity contribution in [2.45, 2.75) is 13.8 Å². The third-order valence-corrected chi connectivity index (χ3v) is 2.20. The van der Waals surface area contributed by atoms with E-state index < -0.39 is 0 Å². The van der Waals surface area contributed by atoms with Crippen LogP contribution in [0.2, 0.25) is 0 Å². The van der Waals surface area contributed by atoms with Crippen LogP contribution >= 0.6 is 0 Å². The van der Waals surface area contributed by atoms with Gasteiger partial charge in [-0.2, -0.15) is 0 Å². The molecule has 0 aliphatic heterocycles. The topological polar surface area (TPSA) is 52.0 Å². The van der Waals surface area contributed by atoms with Crippen LogP contribution in [0.3, 0.4) is 0 Å². The van der Waals surface area contributed by atoms with E-state index in [2.05, 4.69) is 11.2 Å². The number of nitrogen functional groups attached to an aromatic ring is 1. The van der Waals surface area contributed by atoms with Gasteiger partial charge in [-0.15, -0.1) is 0 Å². The highest BCUT2D eigenvalue weighted by atomic mass is 16.5. The molecule has 0 amide bonds. The van der Waals surface area contributed by atoms with Gasteiger partial charge in [-0.25, -0.2) is 0 Å². The van der Waals surface area contributed by atoms with Crippen LogP contribution in [0.4, 0.5) is 5.88 Å². The molecule has 0 unspecified atom stereocenters. The normalized spacial score (nSPS) is 10.4. The summed E-state index contributed by atoms with van der Waals surface area (Å²) in [4.78, 5) is 0. The molecule has 0 aliphatic carbocycles. The first-order valence-corrected chi connectivity index (χ1v) is 4.47. The molecule has 0 radical (unpaired) electrons. The zero-order valence-corrected chi connectivity index (χ0v) is 8.24. The Balaban J connectivity index is 2.59. The maximum Gasteiger partial charge on any atom is 0.230 e. The number of hydrogen-bond acceptors (Lipinski definition) is 3. The summed E-state index contributed by atoms with van der Waals surface area (Å²) in [6, 6.07) is 8.11. The van der Waals surface area contributed by atoms with Crippen molar-refractivity contribution in [2.24, 2.45) is 0 Å². The molecule has 72 valence electrons. The lowest BCUT2D eigenvalue weighted by Gasteiger charge is -2.00. The van der Waals surface area contributed by atoms with E-state index in [-0.39, 0.29) is 0 Å². The van der Waals surface area contributed by atoms with Crippen LogP contribution in [0.15, 0.2) is 28.8 Å². The van der Waals surface area contributed by atoms with Crippen molar-refractivity contribution in [2.75, 3.05) is 5.73 Å². The van der Waals surface area contributed by atoms with Crippen LogP contribution in [0.25, 0.3) is 11.1 Å². The number of benzene rings is 1. The summed E-state index contributed by atoms with van der Waals surface area (Å²) < 4.78 is 4.92. The third-order valence-electron chi connectivity index (χ3n) is 2.20. The molecule has 0 atom stereocenters. The maximum atomic E-state index is 5.69. The fourth-order valence-corrected chi connectivity index (χ4v) is 1.54. The fourth-order valence-electron chi connectivity index (χ4n) is 1.54. The second-order valence-corrected chi connectivity index (χ2v) is 3.38. The highest BCUT2D eigenvalue weighted by Crippen LogP contribution is 2.29. The Morgan fingerprint density at radius 1 is 1.29 bits per heavy atom. The van der Waals surface area contributed by atoms with E-state index >= 15 is 0 Å². The van der Waals surface area contributed by atoms with Crippen LogP contribution in [-0.4, -0.2) is 5.16 Å². The van der Waals surface area contributed by atoms with Gasteiger partial charge in [-0.05, 0) is 19.4 Å². The number of hydrogen-bond donors (Lipinski definition) is 1. The molecule has 0 aliphatic rings. The first-order valence-electron chi connectivity index (χ1n) is 4.47. The molecule has 2 aromatic rings. The summed E-state index contributed by atoms with van der Waals surface area (Å²) >= 11 is 0.